The predicted molar refractivity (Wildman–Crippen MR) is 82.9 cm³/mol. The van der Waals surface area contributed by atoms with Crippen molar-refractivity contribution >= 4 is 0 Å². The first-order valence-electron chi connectivity index (χ1n) is 7.34. The fraction of sp³-hybridized carbons (Fsp3) is 0.647. The molecule has 1 unspecified atom stereocenters. The molecule has 2 nitrogen and oxygen atoms in total. The Morgan fingerprint density at radius 1 is 0.947 bits per heavy atom. The minimum Gasteiger partial charge on any atom is -0.489 e. The molecule has 1 atom stereocenters. The number of aryl methyl sites for hydroxylation is 2. The Hall–Kier alpha value is -1.02. The van der Waals surface area contributed by atoms with Gasteiger partial charge in [0.25, 0.3) is 0 Å². The second-order valence-electron chi connectivity index (χ2n) is 6.28. The SMILES string of the molecule is Cc1cc(C)cc(OC(CNCC(C)C)C(C)C)c1. The van der Waals surface area contributed by atoms with Crippen LogP contribution < -0.4 is 10.1 Å². The van der Waals surface area contributed by atoms with E-state index in [1.807, 2.05) is 0 Å². The highest BCUT2D eigenvalue weighted by Crippen LogP contribution is 2.19. The molecule has 0 aromatic heterocycles. The molecule has 0 heterocycles. The van der Waals surface area contributed by atoms with E-state index in [0.717, 1.165) is 18.8 Å². The van der Waals surface area contributed by atoms with E-state index in [2.05, 4.69) is 65.1 Å². The summed E-state index contributed by atoms with van der Waals surface area (Å²) >= 11 is 0. The molecule has 0 aliphatic rings. The predicted octanol–water partition coefficient (Wildman–Crippen LogP) is 3.95. The maximum Gasteiger partial charge on any atom is 0.120 e. The van der Waals surface area contributed by atoms with E-state index in [0.29, 0.717) is 11.8 Å². The van der Waals surface area contributed by atoms with E-state index in [1.165, 1.54) is 11.1 Å². The summed E-state index contributed by atoms with van der Waals surface area (Å²) in [6.45, 7) is 15.0. The number of rotatable bonds is 7. The molecular formula is C17H29NO. The van der Waals surface area contributed by atoms with Gasteiger partial charge in [-0.25, -0.2) is 0 Å². The molecule has 1 aromatic rings. The summed E-state index contributed by atoms with van der Waals surface area (Å²) in [6, 6.07) is 6.41. The fourth-order valence-electron chi connectivity index (χ4n) is 2.10. The van der Waals surface area contributed by atoms with Gasteiger partial charge >= 0.3 is 0 Å². The zero-order chi connectivity index (χ0) is 14.4. The molecule has 0 aliphatic carbocycles. The first-order chi connectivity index (χ1) is 8.88. The Morgan fingerprint density at radius 3 is 2.00 bits per heavy atom. The highest BCUT2D eigenvalue weighted by molar-refractivity contribution is 5.33. The summed E-state index contributed by atoms with van der Waals surface area (Å²) in [5.41, 5.74) is 2.51. The molecule has 1 rings (SSSR count). The first-order valence-corrected chi connectivity index (χ1v) is 7.34. The van der Waals surface area contributed by atoms with Crippen molar-refractivity contribution in [1.82, 2.24) is 5.32 Å². The molecule has 0 saturated carbocycles. The van der Waals surface area contributed by atoms with Crippen molar-refractivity contribution in [2.75, 3.05) is 13.1 Å². The Morgan fingerprint density at radius 2 is 1.53 bits per heavy atom. The second-order valence-corrected chi connectivity index (χ2v) is 6.28. The lowest BCUT2D eigenvalue weighted by molar-refractivity contribution is 0.148. The molecule has 2 heteroatoms. The largest absolute Gasteiger partial charge is 0.489 e. The molecule has 0 aliphatic heterocycles. The Kier molecular flexibility index (Phi) is 6.36. The molecule has 0 amide bonds. The molecule has 1 aromatic carbocycles. The zero-order valence-electron chi connectivity index (χ0n) is 13.3. The summed E-state index contributed by atoms with van der Waals surface area (Å²) in [7, 11) is 0. The lowest BCUT2D eigenvalue weighted by Gasteiger charge is -2.24. The average molecular weight is 263 g/mol. The van der Waals surface area contributed by atoms with Gasteiger partial charge in [0.2, 0.25) is 0 Å². The van der Waals surface area contributed by atoms with Crippen molar-refractivity contribution < 1.29 is 4.74 Å². The van der Waals surface area contributed by atoms with Crippen LogP contribution in [0, 0.1) is 25.7 Å². The molecule has 0 fully saturated rings. The van der Waals surface area contributed by atoms with Gasteiger partial charge in [-0.15, -0.1) is 0 Å². The van der Waals surface area contributed by atoms with Gasteiger partial charge in [-0.05, 0) is 55.5 Å². The van der Waals surface area contributed by atoms with Gasteiger partial charge in [0.1, 0.15) is 11.9 Å². The molecule has 108 valence electrons. The normalized spacial score (nSPS) is 13.1. The van der Waals surface area contributed by atoms with Crippen LogP contribution in [0.1, 0.15) is 38.8 Å². The number of benzene rings is 1. The maximum atomic E-state index is 6.16. The topological polar surface area (TPSA) is 21.3 Å². The highest BCUT2D eigenvalue weighted by Gasteiger charge is 2.15. The van der Waals surface area contributed by atoms with Gasteiger partial charge in [-0.1, -0.05) is 33.8 Å². The van der Waals surface area contributed by atoms with Gasteiger partial charge in [0, 0.05) is 6.54 Å². The van der Waals surface area contributed by atoms with Crippen molar-refractivity contribution in [3.05, 3.63) is 29.3 Å². The van der Waals surface area contributed by atoms with Crippen LogP contribution >= 0.6 is 0 Å². The first kappa shape index (κ1) is 16.0. The Labute approximate surface area is 118 Å². The molecule has 19 heavy (non-hydrogen) atoms. The average Bonchev–Trinajstić information content (AvgIpc) is 2.25. The highest BCUT2D eigenvalue weighted by atomic mass is 16.5. The van der Waals surface area contributed by atoms with Crippen molar-refractivity contribution in [2.45, 2.75) is 47.6 Å². The smallest absolute Gasteiger partial charge is 0.120 e. The molecule has 0 radical (unpaired) electrons. The molecular weight excluding hydrogens is 234 g/mol. The number of ether oxygens (including phenoxy) is 1. The van der Waals surface area contributed by atoms with Crippen LogP contribution in [-0.4, -0.2) is 19.2 Å². The third-order valence-corrected chi connectivity index (χ3v) is 3.12. The molecule has 0 bridgehead atoms. The summed E-state index contributed by atoms with van der Waals surface area (Å²) in [5.74, 6) is 2.16. The van der Waals surface area contributed by atoms with Crippen molar-refractivity contribution in [1.29, 1.82) is 0 Å². The van der Waals surface area contributed by atoms with Gasteiger partial charge in [-0.2, -0.15) is 0 Å². The summed E-state index contributed by atoms with van der Waals surface area (Å²) < 4.78 is 6.16. The van der Waals surface area contributed by atoms with E-state index in [4.69, 9.17) is 4.74 Å². The van der Waals surface area contributed by atoms with Crippen LogP contribution in [0.15, 0.2) is 18.2 Å². The van der Waals surface area contributed by atoms with Crippen LogP contribution in [0.25, 0.3) is 0 Å². The summed E-state index contributed by atoms with van der Waals surface area (Å²) in [4.78, 5) is 0. The number of hydrogen-bond donors (Lipinski definition) is 1. The van der Waals surface area contributed by atoms with E-state index in [9.17, 15) is 0 Å². The minimum atomic E-state index is 0.222. The quantitative estimate of drug-likeness (QED) is 0.804. The van der Waals surface area contributed by atoms with Crippen LogP contribution in [-0.2, 0) is 0 Å². The van der Waals surface area contributed by atoms with Crippen LogP contribution in [0.4, 0.5) is 0 Å². The van der Waals surface area contributed by atoms with Gasteiger partial charge < -0.3 is 10.1 Å². The molecule has 1 N–H and O–H groups in total. The minimum absolute atomic E-state index is 0.222. The van der Waals surface area contributed by atoms with Crippen molar-refractivity contribution in [3.63, 3.8) is 0 Å². The molecule has 0 spiro atoms. The number of hydrogen-bond acceptors (Lipinski definition) is 2. The molecule has 0 saturated heterocycles. The monoisotopic (exact) mass is 263 g/mol. The lowest BCUT2D eigenvalue weighted by Crippen LogP contribution is -2.36. The van der Waals surface area contributed by atoms with E-state index < -0.39 is 0 Å². The zero-order valence-corrected chi connectivity index (χ0v) is 13.3. The van der Waals surface area contributed by atoms with E-state index >= 15 is 0 Å². The van der Waals surface area contributed by atoms with Gasteiger partial charge in [0.15, 0.2) is 0 Å². The third kappa shape index (κ3) is 6.11. The van der Waals surface area contributed by atoms with Crippen LogP contribution in [0.3, 0.4) is 0 Å². The lowest BCUT2D eigenvalue weighted by atomic mass is 10.1. The van der Waals surface area contributed by atoms with Gasteiger partial charge in [-0.3, -0.25) is 0 Å². The van der Waals surface area contributed by atoms with E-state index in [1.54, 1.807) is 0 Å². The fourth-order valence-corrected chi connectivity index (χ4v) is 2.10. The number of nitrogens with one attached hydrogen (secondary N) is 1. The van der Waals surface area contributed by atoms with Gasteiger partial charge in [0.05, 0.1) is 0 Å². The maximum absolute atomic E-state index is 6.16. The van der Waals surface area contributed by atoms with Crippen molar-refractivity contribution in [2.24, 2.45) is 11.8 Å². The summed E-state index contributed by atoms with van der Waals surface area (Å²) in [6.07, 6.45) is 0.222. The van der Waals surface area contributed by atoms with E-state index in [-0.39, 0.29) is 6.10 Å². The Balaban J connectivity index is 2.62. The van der Waals surface area contributed by atoms with Crippen molar-refractivity contribution in [3.8, 4) is 5.75 Å². The van der Waals surface area contributed by atoms with Crippen LogP contribution in [0.5, 0.6) is 5.75 Å². The summed E-state index contributed by atoms with van der Waals surface area (Å²) in [5, 5.41) is 3.49. The standard InChI is InChI=1S/C17H29NO/c1-12(2)10-18-11-17(13(3)4)19-16-8-14(5)7-15(6)9-16/h7-9,12-13,17-18H,10-11H2,1-6H3. The Bertz CT molecular complexity index is 365. The van der Waals surface area contributed by atoms with Crippen LogP contribution in [0.2, 0.25) is 0 Å². The second kappa shape index (κ2) is 7.54. The third-order valence-electron chi connectivity index (χ3n) is 3.12.